The van der Waals surface area contributed by atoms with Crippen molar-refractivity contribution in [2.75, 3.05) is 19.8 Å². The molecule has 13 heavy (non-hydrogen) atoms. The van der Waals surface area contributed by atoms with Gasteiger partial charge >= 0.3 is 71.3 Å². The van der Waals surface area contributed by atoms with Crippen LogP contribution in [0.5, 0.6) is 0 Å². The molecule has 0 aromatic heterocycles. The minimum absolute atomic E-state index is 0.228. The van der Waals surface area contributed by atoms with Crippen molar-refractivity contribution < 1.29 is 30.7 Å². The van der Waals surface area contributed by atoms with E-state index >= 15 is 0 Å². The summed E-state index contributed by atoms with van der Waals surface area (Å²) in [5.74, 6) is 0. The Morgan fingerprint density at radius 3 is 2.23 bits per heavy atom. The van der Waals surface area contributed by atoms with E-state index in [1.54, 1.807) is 0 Å². The Morgan fingerprint density at radius 2 is 1.77 bits per heavy atom. The normalized spacial score (nSPS) is 29.5. The second kappa shape index (κ2) is 3.65. The molecule has 0 aliphatic carbocycles. The van der Waals surface area contributed by atoms with Crippen LogP contribution in [-0.2, 0) is 13.6 Å². The Hall–Kier alpha value is 0.0300. The van der Waals surface area contributed by atoms with Crippen LogP contribution < -0.4 is 0 Å². The first-order valence-electron chi connectivity index (χ1n) is 3.60. The first-order chi connectivity index (χ1) is 5.91. The molecule has 3 nitrogen and oxygen atoms in total. The van der Waals surface area contributed by atoms with Crippen molar-refractivity contribution in [2.45, 2.75) is 12.8 Å². The van der Waals surface area contributed by atoms with Crippen molar-refractivity contribution in [3.63, 3.8) is 0 Å². The van der Waals surface area contributed by atoms with E-state index < -0.39 is 20.9 Å². The van der Waals surface area contributed by atoms with Crippen molar-refractivity contribution in [3.8, 4) is 0 Å². The molecule has 8 heteroatoms. The average Bonchev–Trinajstić information content (AvgIpc) is 2.02. The SMILES string of the molecule is FC(F)COP1(F)(F)OCCCO1. The zero-order valence-electron chi connectivity index (χ0n) is 6.59. The molecule has 0 atom stereocenters. The van der Waals surface area contributed by atoms with Crippen LogP contribution in [0.4, 0.5) is 17.2 Å². The van der Waals surface area contributed by atoms with Gasteiger partial charge in [-0.1, -0.05) is 0 Å². The summed E-state index contributed by atoms with van der Waals surface area (Å²) in [5, 5.41) is 0. The first-order valence-corrected chi connectivity index (χ1v) is 5.37. The van der Waals surface area contributed by atoms with Crippen LogP contribution in [0, 0.1) is 0 Å². The summed E-state index contributed by atoms with van der Waals surface area (Å²) in [6.45, 7) is -1.83. The van der Waals surface area contributed by atoms with E-state index in [-0.39, 0.29) is 13.2 Å². The van der Waals surface area contributed by atoms with Crippen LogP contribution in [0.25, 0.3) is 0 Å². The summed E-state index contributed by atoms with van der Waals surface area (Å²) in [5.41, 5.74) is 0. The van der Waals surface area contributed by atoms with Crippen LogP contribution in [0.1, 0.15) is 6.42 Å². The number of halogens is 4. The van der Waals surface area contributed by atoms with Gasteiger partial charge in [0.05, 0.1) is 0 Å². The summed E-state index contributed by atoms with van der Waals surface area (Å²) in [6.07, 6.45) is -2.65. The number of rotatable bonds is 3. The molecular formula is C5H9F4O3P. The predicted octanol–water partition coefficient (Wildman–Crippen LogP) is 2.77. The van der Waals surface area contributed by atoms with E-state index in [1.807, 2.05) is 0 Å². The van der Waals surface area contributed by atoms with Crippen molar-refractivity contribution in [1.29, 1.82) is 0 Å². The Kier molecular flexibility index (Phi) is 3.12. The van der Waals surface area contributed by atoms with Gasteiger partial charge in [-0.15, -0.1) is 0 Å². The molecule has 1 rings (SSSR count). The van der Waals surface area contributed by atoms with E-state index in [0.717, 1.165) is 0 Å². The Bertz CT molecular complexity index is 179. The number of hydrogen-bond donors (Lipinski definition) is 0. The standard InChI is InChI=1S/C5H9F4O3P/c6-5(7)4-12-13(8,9)10-2-1-3-11-13/h5H,1-4H2. The molecule has 0 radical (unpaired) electrons. The summed E-state index contributed by atoms with van der Waals surface area (Å²) < 4.78 is 61.1. The van der Waals surface area contributed by atoms with Gasteiger partial charge in [-0.3, -0.25) is 0 Å². The van der Waals surface area contributed by atoms with E-state index in [4.69, 9.17) is 0 Å². The number of alkyl halides is 2. The van der Waals surface area contributed by atoms with Gasteiger partial charge < -0.3 is 0 Å². The third-order valence-corrected chi connectivity index (χ3v) is 3.01. The molecule has 0 saturated carbocycles. The maximum atomic E-state index is 13.1. The van der Waals surface area contributed by atoms with E-state index in [2.05, 4.69) is 13.6 Å². The van der Waals surface area contributed by atoms with E-state index in [1.165, 1.54) is 0 Å². The molecule has 0 bridgehead atoms. The fraction of sp³-hybridized carbons (Fsp3) is 1.00. The van der Waals surface area contributed by atoms with Crippen molar-refractivity contribution in [2.24, 2.45) is 0 Å². The van der Waals surface area contributed by atoms with Crippen LogP contribution in [0.2, 0.25) is 0 Å². The number of hydrogen-bond acceptors (Lipinski definition) is 3. The van der Waals surface area contributed by atoms with Gasteiger partial charge in [0.15, 0.2) is 0 Å². The molecule has 0 unspecified atom stereocenters. The fourth-order valence-corrected chi connectivity index (χ4v) is 2.16. The molecular weight excluding hydrogens is 215 g/mol. The molecule has 0 amide bonds. The summed E-state index contributed by atoms with van der Waals surface area (Å²) >= 11 is 0. The van der Waals surface area contributed by atoms with Gasteiger partial charge in [0, 0.05) is 0 Å². The fourth-order valence-electron chi connectivity index (χ4n) is 0.760. The molecule has 0 N–H and O–H groups in total. The van der Waals surface area contributed by atoms with Crippen molar-refractivity contribution in [3.05, 3.63) is 0 Å². The van der Waals surface area contributed by atoms with Crippen molar-refractivity contribution in [1.82, 2.24) is 0 Å². The third-order valence-electron chi connectivity index (χ3n) is 1.28. The molecule has 0 aromatic rings. The Labute approximate surface area is 72.4 Å². The minimum atomic E-state index is -6.15. The van der Waals surface area contributed by atoms with Gasteiger partial charge in [-0.05, 0) is 0 Å². The third kappa shape index (κ3) is 3.34. The first kappa shape index (κ1) is 11.1. The van der Waals surface area contributed by atoms with Gasteiger partial charge in [0.1, 0.15) is 0 Å². The monoisotopic (exact) mass is 224 g/mol. The topological polar surface area (TPSA) is 27.7 Å². The molecule has 1 aliphatic rings. The summed E-state index contributed by atoms with van der Waals surface area (Å²) in [6, 6.07) is 0. The summed E-state index contributed by atoms with van der Waals surface area (Å²) in [4.78, 5) is 0. The molecule has 1 aliphatic heterocycles. The van der Waals surface area contributed by atoms with Gasteiger partial charge in [0.25, 0.3) is 0 Å². The van der Waals surface area contributed by atoms with E-state index in [9.17, 15) is 17.2 Å². The van der Waals surface area contributed by atoms with Crippen LogP contribution >= 0.6 is 7.91 Å². The zero-order chi connectivity index (χ0) is 9.97. The maximum absolute atomic E-state index is 13.1. The second-order valence-electron chi connectivity index (χ2n) is 2.41. The van der Waals surface area contributed by atoms with Crippen molar-refractivity contribution >= 4 is 7.91 Å². The van der Waals surface area contributed by atoms with E-state index in [0.29, 0.717) is 6.42 Å². The molecule has 0 aromatic carbocycles. The van der Waals surface area contributed by atoms with Crippen LogP contribution in [-0.4, -0.2) is 26.2 Å². The average molecular weight is 224 g/mol. The Balaban J connectivity index is 2.49. The molecule has 1 fully saturated rings. The molecule has 1 saturated heterocycles. The van der Waals surface area contributed by atoms with Gasteiger partial charge in [-0.25, -0.2) is 0 Å². The summed E-state index contributed by atoms with van der Waals surface area (Å²) in [7, 11) is -6.15. The quantitative estimate of drug-likeness (QED) is 0.544. The molecule has 1 heterocycles. The predicted molar refractivity (Wildman–Crippen MR) is 37.6 cm³/mol. The zero-order valence-corrected chi connectivity index (χ0v) is 7.48. The second-order valence-corrected chi connectivity index (χ2v) is 4.59. The molecule has 0 spiro atoms. The van der Waals surface area contributed by atoms with Crippen LogP contribution in [0.3, 0.4) is 0 Å². The Morgan fingerprint density at radius 1 is 1.23 bits per heavy atom. The van der Waals surface area contributed by atoms with Gasteiger partial charge in [0.2, 0.25) is 0 Å². The molecule has 80 valence electrons. The van der Waals surface area contributed by atoms with Gasteiger partial charge in [-0.2, -0.15) is 0 Å². The van der Waals surface area contributed by atoms with Crippen LogP contribution in [0.15, 0.2) is 0 Å².